The van der Waals surface area contributed by atoms with E-state index in [0.29, 0.717) is 18.3 Å². The molecule has 0 saturated heterocycles. The fourth-order valence-electron chi connectivity index (χ4n) is 2.59. The minimum Gasteiger partial charge on any atom is -0.353 e. The van der Waals surface area contributed by atoms with Gasteiger partial charge in [-0.2, -0.15) is 10.1 Å². The van der Waals surface area contributed by atoms with E-state index in [4.69, 9.17) is 11.6 Å². The summed E-state index contributed by atoms with van der Waals surface area (Å²) in [7, 11) is 0. The number of hydrogen-bond acceptors (Lipinski definition) is 5. The van der Waals surface area contributed by atoms with Crippen molar-refractivity contribution < 1.29 is 0 Å². The summed E-state index contributed by atoms with van der Waals surface area (Å²) >= 11 is 6.00. The van der Waals surface area contributed by atoms with Crippen LogP contribution in [0.15, 0.2) is 48.7 Å². The maximum atomic E-state index is 6.00. The summed E-state index contributed by atoms with van der Waals surface area (Å²) in [5.74, 6) is 1.16. The number of aryl methyl sites for hydroxylation is 2. The zero-order valence-electron chi connectivity index (χ0n) is 14.3. The van der Waals surface area contributed by atoms with Gasteiger partial charge in [-0.15, -0.1) is 5.10 Å². The molecule has 1 aromatic heterocycles. The van der Waals surface area contributed by atoms with Crippen molar-refractivity contribution in [3.8, 4) is 0 Å². The molecule has 0 atom stereocenters. The van der Waals surface area contributed by atoms with Gasteiger partial charge in [-0.1, -0.05) is 41.9 Å². The summed E-state index contributed by atoms with van der Waals surface area (Å²) in [6, 6.07) is 14.0. The van der Waals surface area contributed by atoms with Crippen LogP contribution >= 0.6 is 11.6 Å². The van der Waals surface area contributed by atoms with Crippen LogP contribution in [0.3, 0.4) is 0 Å². The highest BCUT2D eigenvalue weighted by Crippen LogP contribution is 2.23. The molecule has 0 fully saturated rings. The van der Waals surface area contributed by atoms with E-state index in [9.17, 15) is 0 Å². The summed E-state index contributed by atoms with van der Waals surface area (Å²) in [6.45, 7) is 4.83. The Morgan fingerprint density at radius 1 is 1.04 bits per heavy atom. The van der Waals surface area contributed by atoms with E-state index < -0.39 is 0 Å². The van der Waals surface area contributed by atoms with Gasteiger partial charge in [0.15, 0.2) is 5.82 Å². The van der Waals surface area contributed by atoms with Gasteiger partial charge >= 0.3 is 0 Å². The smallest absolute Gasteiger partial charge is 0.244 e. The molecule has 0 saturated carbocycles. The Labute approximate surface area is 152 Å². The molecule has 0 unspecified atom stereocenters. The standard InChI is InChI=1S/C19H20ClN5/c1-13-5-3-6-14(2)18(13)23-17-12-22-25-19(24-17)21-10-9-15-7-4-8-16(20)11-15/h3-8,11-12H,9-10H2,1-2H3,(H2,21,23,24,25). The van der Waals surface area contributed by atoms with Gasteiger partial charge in [0.2, 0.25) is 5.95 Å². The predicted molar refractivity (Wildman–Crippen MR) is 103 cm³/mol. The Balaban J connectivity index is 1.63. The van der Waals surface area contributed by atoms with Crippen molar-refractivity contribution in [1.82, 2.24) is 15.2 Å². The van der Waals surface area contributed by atoms with Crippen LogP contribution in [0.1, 0.15) is 16.7 Å². The van der Waals surface area contributed by atoms with Gasteiger partial charge in [0, 0.05) is 17.3 Å². The number of halogens is 1. The number of para-hydroxylation sites is 1. The number of anilines is 3. The molecule has 2 aromatic carbocycles. The SMILES string of the molecule is Cc1cccc(C)c1Nc1cnnc(NCCc2cccc(Cl)c2)n1. The average Bonchev–Trinajstić information content (AvgIpc) is 2.59. The Bertz CT molecular complexity index is 846. The van der Waals surface area contributed by atoms with Gasteiger partial charge in [-0.25, -0.2) is 0 Å². The lowest BCUT2D eigenvalue weighted by Crippen LogP contribution is -2.10. The maximum absolute atomic E-state index is 6.00. The van der Waals surface area contributed by atoms with Crippen molar-refractivity contribution >= 4 is 29.1 Å². The van der Waals surface area contributed by atoms with Crippen LogP contribution < -0.4 is 10.6 Å². The average molecular weight is 354 g/mol. The Morgan fingerprint density at radius 3 is 2.56 bits per heavy atom. The van der Waals surface area contributed by atoms with Gasteiger partial charge in [0.25, 0.3) is 0 Å². The lowest BCUT2D eigenvalue weighted by Gasteiger charge is -2.12. The fraction of sp³-hybridized carbons (Fsp3) is 0.211. The quantitative estimate of drug-likeness (QED) is 0.681. The predicted octanol–water partition coefficient (Wildman–Crippen LogP) is 4.54. The van der Waals surface area contributed by atoms with Crippen LogP contribution in [0.25, 0.3) is 0 Å². The van der Waals surface area contributed by atoms with Gasteiger partial charge in [-0.05, 0) is 49.1 Å². The maximum Gasteiger partial charge on any atom is 0.244 e. The minimum absolute atomic E-state index is 0.498. The first-order valence-corrected chi connectivity index (χ1v) is 8.51. The number of rotatable bonds is 6. The third-order valence-electron chi connectivity index (χ3n) is 3.88. The molecule has 3 rings (SSSR count). The first-order valence-electron chi connectivity index (χ1n) is 8.13. The van der Waals surface area contributed by atoms with Crippen molar-refractivity contribution in [1.29, 1.82) is 0 Å². The normalized spacial score (nSPS) is 10.5. The van der Waals surface area contributed by atoms with Crippen LogP contribution in [0, 0.1) is 13.8 Å². The largest absolute Gasteiger partial charge is 0.353 e. The lowest BCUT2D eigenvalue weighted by molar-refractivity contribution is 0.928. The van der Waals surface area contributed by atoms with E-state index in [0.717, 1.165) is 33.8 Å². The van der Waals surface area contributed by atoms with Gasteiger partial charge in [-0.3, -0.25) is 0 Å². The molecule has 0 bridgehead atoms. The van der Waals surface area contributed by atoms with Crippen LogP contribution in [0.5, 0.6) is 0 Å². The third kappa shape index (κ3) is 4.67. The summed E-state index contributed by atoms with van der Waals surface area (Å²) in [4.78, 5) is 4.48. The highest BCUT2D eigenvalue weighted by atomic mass is 35.5. The molecule has 1 heterocycles. The highest BCUT2D eigenvalue weighted by Gasteiger charge is 2.05. The molecule has 0 aliphatic carbocycles. The Morgan fingerprint density at radius 2 is 1.80 bits per heavy atom. The van der Waals surface area contributed by atoms with Crippen LogP contribution in [-0.4, -0.2) is 21.7 Å². The first kappa shape index (κ1) is 17.2. The second kappa shape index (κ2) is 7.94. The number of nitrogens with zero attached hydrogens (tertiary/aromatic N) is 3. The Kier molecular flexibility index (Phi) is 5.46. The summed E-state index contributed by atoms with van der Waals surface area (Å²) in [5, 5.41) is 15.3. The molecule has 128 valence electrons. The van der Waals surface area contributed by atoms with Crippen LogP contribution in [0.2, 0.25) is 5.02 Å². The molecule has 0 spiro atoms. The van der Waals surface area contributed by atoms with Gasteiger partial charge in [0.05, 0.1) is 6.20 Å². The molecule has 0 aliphatic heterocycles. The zero-order chi connectivity index (χ0) is 17.6. The molecule has 25 heavy (non-hydrogen) atoms. The van der Waals surface area contributed by atoms with Gasteiger partial charge in [0.1, 0.15) is 0 Å². The highest BCUT2D eigenvalue weighted by molar-refractivity contribution is 6.30. The molecule has 0 aliphatic rings. The molecule has 0 amide bonds. The van der Waals surface area contributed by atoms with E-state index in [1.165, 1.54) is 0 Å². The monoisotopic (exact) mass is 353 g/mol. The van der Waals surface area contributed by atoms with E-state index in [1.807, 2.05) is 30.3 Å². The molecular weight excluding hydrogens is 334 g/mol. The number of nitrogens with one attached hydrogen (secondary N) is 2. The van der Waals surface area contributed by atoms with E-state index >= 15 is 0 Å². The molecule has 0 radical (unpaired) electrons. The molecule has 5 nitrogen and oxygen atoms in total. The van der Waals surface area contributed by atoms with Crippen LogP contribution in [-0.2, 0) is 6.42 Å². The van der Waals surface area contributed by atoms with E-state index in [1.54, 1.807) is 6.20 Å². The minimum atomic E-state index is 0.498. The van der Waals surface area contributed by atoms with Gasteiger partial charge < -0.3 is 10.6 Å². The van der Waals surface area contributed by atoms with E-state index in [-0.39, 0.29) is 0 Å². The molecular formula is C19H20ClN5. The summed E-state index contributed by atoms with van der Waals surface area (Å²) < 4.78 is 0. The summed E-state index contributed by atoms with van der Waals surface area (Å²) in [6.07, 6.45) is 2.45. The Hall–Kier alpha value is -2.66. The molecule has 6 heteroatoms. The topological polar surface area (TPSA) is 62.7 Å². The van der Waals surface area contributed by atoms with Crippen molar-refractivity contribution in [2.24, 2.45) is 0 Å². The second-order valence-corrected chi connectivity index (χ2v) is 6.30. The van der Waals surface area contributed by atoms with Crippen molar-refractivity contribution in [3.05, 3.63) is 70.4 Å². The third-order valence-corrected chi connectivity index (χ3v) is 4.11. The molecule has 2 N–H and O–H groups in total. The van der Waals surface area contributed by atoms with Crippen molar-refractivity contribution in [3.63, 3.8) is 0 Å². The number of benzene rings is 2. The van der Waals surface area contributed by atoms with Crippen molar-refractivity contribution in [2.45, 2.75) is 20.3 Å². The zero-order valence-corrected chi connectivity index (χ0v) is 15.0. The summed E-state index contributed by atoms with van der Waals surface area (Å²) in [5.41, 5.74) is 4.54. The van der Waals surface area contributed by atoms with E-state index in [2.05, 4.69) is 51.8 Å². The molecule has 3 aromatic rings. The second-order valence-electron chi connectivity index (χ2n) is 5.86. The fourth-order valence-corrected chi connectivity index (χ4v) is 2.80. The van der Waals surface area contributed by atoms with Crippen LogP contribution in [0.4, 0.5) is 17.5 Å². The number of hydrogen-bond donors (Lipinski definition) is 2. The first-order chi connectivity index (χ1) is 12.1. The number of aromatic nitrogens is 3. The van der Waals surface area contributed by atoms with Crippen molar-refractivity contribution in [2.75, 3.05) is 17.2 Å². The lowest BCUT2D eigenvalue weighted by atomic mass is 10.1.